The molecular weight excluding hydrogens is 284 g/mol. The van der Waals surface area contributed by atoms with Gasteiger partial charge in [0.15, 0.2) is 0 Å². The third-order valence-electron chi connectivity index (χ3n) is 3.04. The zero-order valence-corrected chi connectivity index (χ0v) is 10.9. The highest BCUT2D eigenvalue weighted by atomic mass is 79.9. The highest BCUT2D eigenvalue weighted by molar-refractivity contribution is 9.10. The molecule has 0 aromatic heterocycles. The maximum atomic E-state index is 11.9. The molecule has 0 atom stereocenters. The molecule has 1 aromatic rings. The zero-order chi connectivity index (χ0) is 12.4. The van der Waals surface area contributed by atoms with Crippen LogP contribution in [0.15, 0.2) is 22.7 Å². The van der Waals surface area contributed by atoms with Crippen molar-refractivity contribution in [1.29, 1.82) is 0 Å². The molecule has 1 saturated carbocycles. The average molecular weight is 299 g/mol. The molecule has 0 heterocycles. The van der Waals surface area contributed by atoms with Gasteiger partial charge in [0.25, 0.3) is 5.91 Å². The topological polar surface area (TPSA) is 75.4 Å². The molecule has 17 heavy (non-hydrogen) atoms. The van der Waals surface area contributed by atoms with E-state index in [1.807, 2.05) is 0 Å². The van der Waals surface area contributed by atoms with E-state index in [-0.39, 0.29) is 12.0 Å². The lowest BCUT2D eigenvalue weighted by Crippen LogP contribution is -2.38. The van der Waals surface area contributed by atoms with Crippen molar-refractivity contribution in [2.24, 2.45) is 5.92 Å². The van der Waals surface area contributed by atoms with Gasteiger partial charge in [0.2, 0.25) is 0 Å². The second-order valence-electron chi connectivity index (χ2n) is 4.41. The van der Waals surface area contributed by atoms with Crippen molar-refractivity contribution >= 4 is 27.5 Å². The van der Waals surface area contributed by atoms with Gasteiger partial charge in [0.05, 0.1) is 16.1 Å². The lowest BCUT2D eigenvalue weighted by Gasteiger charge is -2.31. The second kappa shape index (κ2) is 5.06. The molecule has 0 aliphatic heterocycles. The number of nitrogen functional groups attached to an aromatic ring is 1. The smallest absolute Gasteiger partial charge is 0.252 e. The van der Waals surface area contributed by atoms with E-state index in [2.05, 4.69) is 21.2 Å². The van der Waals surface area contributed by atoms with Gasteiger partial charge >= 0.3 is 0 Å². The van der Waals surface area contributed by atoms with E-state index in [0.717, 1.165) is 12.8 Å². The Labute approximate surface area is 108 Å². The fourth-order valence-corrected chi connectivity index (χ4v) is 2.37. The summed E-state index contributed by atoms with van der Waals surface area (Å²) in [6, 6.07) is 5.22. The number of nitrogens with two attached hydrogens (primary N) is 1. The van der Waals surface area contributed by atoms with Crippen molar-refractivity contribution in [2.45, 2.75) is 18.9 Å². The summed E-state index contributed by atoms with van der Waals surface area (Å²) >= 11 is 3.30. The summed E-state index contributed by atoms with van der Waals surface area (Å²) < 4.78 is 0.631. The standard InChI is InChI=1S/C12H15BrN2O2/c13-11-9(2-1-3-10(11)14)12(17)15-6-7-4-8(16)5-7/h1-3,7-8,16H,4-6,14H2,(H,15,17). The van der Waals surface area contributed by atoms with Crippen molar-refractivity contribution in [3.63, 3.8) is 0 Å². The first kappa shape index (κ1) is 12.4. The molecule has 5 heteroatoms. The predicted molar refractivity (Wildman–Crippen MR) is 69.6 cm³/mol. The molecule has 2 rings (SSSR count). The minimum atomic E-state index is -0.184. The number of rotatable bonds is 3. The SMILES string of the molecule is Nc1cccc(C(=O)NCC2CC(O)C2)c1Br. The Morgan fingerprint density at radius 2 is 2.24 bits per heavy atom. The number of carbonyl (C=O) groups excluding carboxylic acids is 1. The molecule has 1 aromatic carbocycles. The summed E-state index contributed by atoms with van der Waals surface area (Å²) in [7, 11) is 0. The van der Waals surface area contributed by atoms with Crippen LogP contribution in [-0.4, -0.2) is 23.7 Å². The number of carbonyl (C=O) groups is 1. The quantitative estimate of drug-likeness (QED) is 0.741. The summed E-state index contributed by atoms with van der Waals surface area (Å²) in [5.74, 6) is 0.263. The first-order valence-corrected chi connectivity index (χ1v) is 6.37. The van der Waals surface area contributed by atoms with Crippen molar-refractivity contribution in [3.05, 3.63) is 28.2 Å². The van der Waals surface area contributed by atoms with Crippen molar-refractivity contribution in [1.82, 2.24) is 5.32 Å². The Morgan fingerprint density at radius 3 is 2.88 bits per heavy atom. The van der Waals surface area contributed by atoms with Crippen LogP contribution in [0.3, 0.4) is 0 Å². The zero-order valence-electron chi connectivity index (χ0n) is 9.32. The number of halogens is 1. The van der Waals surface area contributed by atoms with E-state index in [0.29, 0.717) is 28.2 Å². The van der Waals surface area contributed by atoms with Crippen LogP contribution in [0.4, 0.5) is 5.69 Å². The Hall–Kier alpha value is -1.07. The van der Waals surface area contributed by atoms with Crippen LogP contribution in [0.5, 0.6) is 0 Å². The summed E-state index contributed by atoms with van der Waals surface area (Å²) in [6.45, 7) is 0.608. The van der Waals surface area contributed by atoms with Gasteiger partial charge in [0, 0.05) is 12.2 Å². The maximum absolute atomic E-state index is 11.9. The molecule has 4 nitrogen and oxygen atoms in total. The Bertz CT molecular complexity index is 431. The van der Waals surface area contributed by atoms with Crippen molar-refractivity contribution in [3.8, 4) is 0 Å². The number of hydrogen-bond acceptors (Lipinski definition) is 3. The normalized spacial score (nSPS) is 22.9. The fraction of sp³-hybridized carbons (Fsp3) is 0.417. The second-order valence-corrected chi connectivity index (χ2v) is 5.20. The highest BCUT2D eigenvalue weighted by Crippen LogP contribution is 2.27. The van der Waals surface area contributed by atoms with Gasteiger partial charge in [-0.2, -0.15) is 0 Å². The van der Waals surface area contributed by atoms with E-state index in [9.17, 15) is 4.79 Å². The Morgan fingerprint density at radius 1 is 1.53 bits per heavy atom. The molecule has 1 amide bonds. The van der Waals surface area contributed by atoms with E-state index in [1.54, 1.807) is 18.2 Å². The largest absolute Gasteiger partial charge is 0.398 e. The molecule has 0 unspecified atom stereocenters. The Balaban J connectivity index is 1.93. The van der Waals surface area contributed by atoms with Crippen molar-refractivity contribution in [2.75, 3.05) is 12.3 Å². The van der Waals surface area contributed by atoms with Gasteiger partial charge in [-0.3, -0.25) is 4.79 Å². The van der Waals surface area contributed by atoms with Crippen LogP contribution >= 0.6 is 15.9 Å². The van der Waals surface area contributed by atoms with E-state index < -0.39 is 0 Å². The van der Waals surface area contributed by atoms with Gasteiger partial charge in [-0.05, 0) is 46.8 Å². The van der Waals surface area contributed by atoms with Crippen LogP contribution in [0.2, 0.25) is 0 Å². The summed E-state index contributed by atoms with van der Waals surface area (Å²) in [6.07, 6.45) is 1.37. The molecule has 1 aliphatic rings. The molecule has 0 radical (unpaired) electrons. The van der Waals surface area contributed by atoms with Gasteiger partial charge < -0.3 is 16.2 Å². The summed E-state index contributed by atoms with van der Waals surface area (Å²) in [5, 5.41) is 12.0. The first-order valence-electron chi connectivity index (χ1n) is 5.58. The molecule has 0 saturated heterocycles. The molecule has 92 valence electrons. The molecule has 1 fully saturated rings. The van der Waals surface area contributed by atoms with Crippen LogP contribution in [-0.2, 0) is 0 Å². The maximum Gasteiger partial charge on any atom is 0.252 e. The van der Waals surface area contributed by atoms with Crippen LogP contribution in [0, 0.1) is 5.92 Å². The number of amides is 1. The number of aliphatic hydroxyl groups is 1. The Kier molecular flexibility index (Phi) is 3.69. The van der Waals surface area contributed by atoms with E-state index >= 15 is 0 Å². The number of hydrogen-bond donors (Lipinski definition) is 3. The highest BCUT2D eigenvalue weighted by Gasteiger charge is 2.27. The van der Waals surface area contributed by atoms with Crippen molar-refractivity contribution < 1.29 is 9.90 Å². The average Bonchev–Trinajstić information content (AvgIpc) is 2.26. The third kappa shape index (κ3) is 2.79. The minimum absolute atomic E-state index is 0.134. The fourth-order valence-electron chi connectivity index (χ4n) is 1.92. The summed E-state index contributed by atoms with van der Waals surface area (Å²) in [4.78, 5) is 11.9. The minimum Gasteiger partial charge on any atom is -0.398 e. The lowest BCUT2D eigenvalue weighted by molar-refractivity contribution is 0.0420. The monoisotopic (exact) mass is 298 g/mol. The van der Waals surface area contributed by atoms with Crippen LogP contribution in [0.1, 0.15) is 23.2 Å². The number of aliphatic hydroxyl groups excluding tert-OH is 1. The van der Waals surface area contributed by atoms with Crippen LogP contribution < -0.4 is 11.1 Å². The number of anilines is 1. The molecular formula is C12H15BrN2O2. The van der Waals surface area contributed by atoms with Gasteiger partial charge in [-0.25, -0.2) is 0 Å². The molecule has 4 N–H and O–H groups in total. The lowest BCUT2D eigenvalue weighted by atomic mass is 9.82. The summed E-state index contributed by atoms with van der Waals surface area (Å²) in [5.41, 5.74) is 6.81. The number of benzene rings is 1. The van der Waals surface area contributed by atoms with Gasteiger partial charge in [-0.1, -0.05) is 6.07 Å². The first-order chi connectivity index (χ1) is 8.08. The predicted octanol–water partition coefficient (Wildman–Crippen LogP) is 1.53. The number of nitrogens with one attached hydrogen (secondary N) is 1. The van der Waals surface area contributed by atoms with Gasteiger partial charge in [-0.15, -0.1) is 0 Å². The third-order valence-corrected chi connectivity index (χ3v) is 3.92. The van der Waals surface area contributed by atoms with Crippen LogP contribution in [0.25, 0.3) is 0 Å². The van der Waals surface area contributed by atoms with E-state index in [1.165, 1.54) is 0 Å². The van der Waals surface area contributed by atoms with E-state index in [4.69, 9.17) is 10.8 Å². The molecule has 0 bridgehead atoms. The molecule has 1 aliphatic carbocycles. The van der Waals surface area contributed by atoms with Gasteiger partial charge in [0.1, 0.15) is 0 Å². The molecule has 0 spiro atoms.